The average Bonchev–Trinajstić information content (AvgIpc) is 2.37. The first-order chi connectivity index (χ1) is 8.72. The van der Waals surface area contributed by atoms with E-state index in [1.54, 1.807) is 6.21 Å². The number of hydrazone groups is 1. The number of rotatable bonds is 6. The quantitative estimate of drug-likeness (QED) is 0.605. The van der Waals surface area contributed by atoms with E-state index >= 15 is 0 Å². The largest absolute Gasteiger partial charge is 0.273 e. The highest BCUT2D eigenvalue weighted by atomic mass is 16.2. The number of nitrogens with zero attached hydrogens (tertiary/aromatic N) is 1. The zero-order valence-corrected chi connectivity index (χ0v) is 11.0. The molecule has 0 spiro atoms. The van der Waals surface area contributed by atoms with E-state index in [0.29, 0.717) is 6.42 Å². The second kappa shape index (κ2) is 8.23. The van der Waals surface area contributed by atoms with Gasteiger partial charge in [-0.25, -0.2) is 5.43 Å². The van der Waals surface area contributed by atoms with Crippen LogP contribution in [0.5, 0.6) is 0 Å². The summed E-state index contributed by atoms with van der Waals surface area (Å²) in [5.74, 6) is -0.0272. The van der Waals surface area contributed by atoms with E-state index in [0.717, 1.165) is 24.0 Å². The summed E-state index contributed by atoms with van der Waals surface area (Å²) in [5, 5.41) is 3.93. The number of allylic oxidation sites excluding steroid dienone is 1. The van der Waals surface area contributed by atoms with Gasteiger partial charge in [-0.1, -0.05) is 49.8 Å². The zero-order chi connectivity index (χ0) is 13.2. The van der Waals surface area contributed by atoms with Gasteiger partial charge in [0.2, 0.25) is 5.91 Å². The van der Waals surface area contributed by atoms with Crippen molar-refractivity contribution in [3.8, 4) is 0 Å². The third-order valence-corrected chi connectivity index (χ3v) is 2.41. The second-order valence-electron chi connectivity index (χ2n) is 4.20. The number of hydrogen-bond acceptors (Lipinski definition) is 2. The maximum absolute atomic E-state index is 11.3. The highest BCUT2D eigenvalue weighted by Crippen LogP contribution is 2.04. The molecule has 3 heteroatoms. The van der Waals surface area contributed by atoms with E-state index in [2.05, 4.69) is 17.5 Å². The molecular weight excluding hydrogens is 224 g/mol. The van der Waals surface area contributed by atoms with Crippen LogP contribution in [0.3, 0.4) is 0 Å². The molecule has 1 amide bonds. The highest BCUT2D eigenvalue weighted by Gasteiger charge is 1.96. The molecule has 0 bridgehead atoms. The summed E-state index contributed by atoms with van der Waals surface area (Å²) in [5.41, 5.74) is 4.64. The molecule has 1 aromatic carbocycles. The van der Waals surface area contributed by atoms with Crippen molar-refractivity contribution in [3.63, 3.8) is 0 Å². The molecule has 0 atom stereocenters. The fraction of sp³-hybridized carbons (Fsp3) is 0.333. The van der Waals surface area contributed by atoms with E-state index in [1.165, 1.54) is 0 Å². The van der Waals surface area contributed by atoms with Gasteiger partial charge in [-0.05, 0) is 24.5 Å². The van der Waals surface area contributed by atoms with Crippen LogP contribution in [0, 0.1) is 0 Å². The van der Waals surface area contributed by atoms with Gasteiger partial charge < -0.3 is 0 Å². The molecular formula is C15H20N2O. The molecule has 0 saturated carbocycles. The Labute approximate surface area is 109 Å². The van der Waals surface area contributed by atoms with Crippen molar-refractivity contribution in [2.75, 3.05) is 0 Å². The summed E-state index contributed by atoms with van der Waals surface area (Å²) in [7, 11) is 0. The maximum Gasteiger partial charge on any atom is 0.240 e. The molecule has 18 heavy (non-hydrogen) atoms. The molecule has 1 N–H and O–H groups in total. The van der Waals surface area contributed by atoms with Crippen LogP contribution in [0.15, 0.2) is 41.0 Å². The van der Waals surface area contributed by atoms with Crippen molar-refractivity contribution < 1.29 is 4.79 Å². The lowest BCUT2D eigenvalue weighted by molar-refractivity contribution is -0.121. The Hall–Kier alpha value is -1.90. The van der Waals surface area contributed by atoms with E-state index in [4.69, 9.17) is 0 Å². The Bertz CT molecular complexity index is 421. The van der Waals surface area contributed by atoms with Crippen molar-refractivity contribution >= 4 is 18.2 Å². The van der Waals surface area contributed by atoms with Crippen LogP contribution in [-0.2, 0) is 4.79 Å². The lowest BCUT2D eigenvalue weighted by atomic mass is 10.1. The maximum atomic E-state index is 11.3. The summed E-state index contributed by atoms with van der Waals surface area (Å²) in [6, 6.07) is 10.0. The second-order valence-corrected chi connectivity index (χ2v) is 4.20. The van der Waals surface area contributed by atoms with E-state index in [-0.39, 0.29) is 5.91 Å². The highest BCUT2D eigenvalue weighted by molar-refractivity contribution is 5.86. The molecule has 3 nitrogen and oxygen atoms in total. The third kappa shape index (κ3) is 5.99. The number of hydrogen-bond donors (Lipinski definition) is 1. The molecule has 1 aromatic rings. The third-order valence-electron chi connectivity index (χ3n) is 2.41. The zero-order valence-electron chi connectivity index (χ0n) is 11.0. The van der Waals surface area contributed by atoms with Crippen LogP contribution in [-0.4, -0.2) is 12.1 Å². The van der Waals surface area contributed by atoms with Crippen LogP contribution in [0.2, 0.25) is 0 Å². The number of benzene rings is 1. The Morgan fingerprint density at radius 1 is 1.33 bits per heavy atom. The molecule has 0 heterocycles. The standard InChI is InChI=1S/C15H20N2O/c1-3-4-10-15(18)17-16-12-13(2)11-14-8-6-5-7-9-14/h5-9,11-12H,3-4,10H2,1-2H3,(H,17,18)/b13-11+,16-12+. The number of carbonyl (C=O) groups excluding carboxylic acids is 1. The number of amides is 1. The molecule has 0 aliphatic rings. The van der Waals surface area contributed by atoms with Gasteiger partial charge in [0.05, 0.1) is 6.21 Å². The van der Waals surface area contributed by atoms with E-state index < -0.39 is 0 Å². The average molecular weight is 244 g/mol. The van der Waals surface area contributed by atoms with Gasteiger partial charge in [-0.15, -0.1) is 0 Å². The minimum absolute atomic E-state index is 0.0272. The molecule has 0 radical (unpaired) electrons. The van der Waals surface area contributed by atoms with Crippen LogP contribution < -0.4 is 5.43 Å². The molecule has 0 fully saturated rings. The van der Waals surface area contributed by atoms with Gasteiger partial charge in [0.15, 0.2) is 0 Å². The SMILES string of the molecule is CCCCC(=O)N/N=C/C(C)=C/c1ccccc1. The normalized spacial score (nSPS) is 11.8. The van der Waals surface area contributed by atoms with Gasteiger partial charge in [0, 0.05) is 6.42 Å². The van der Waals surface area contributed by atoms with Crippen molar-refractivity contribution in [1.29, 1.82) is 0 Å². The first-order valence-corrected chi connectivity index (χ1v) is 6.27. The van der Waals surface area contributed by atoms with Gasteiger partial charge in [-0.2, -0.15) is 5.10 Å². The summed E-state index contributed by atoms with van der Waals surface area (Å²) in [6.45, 7) is 4.01. The van der Waals surface area contributed by atoms with Crippen molar-refractivity contribution in [2.24, 2.45) is 5.10 Å². The van der Waals surface area contributed by atoms with Crippen molar-refractivity contribution in [1.82, 2.24) is 5.43 Å². The van der Waals surface area contributed by atoms with E-state index in [9.17, 15) is 4.79 Å². The summed E-state index contributed by atoms with van der Waals surface area (Å²) in [4.78, 5) is 11.3. The molecule has 0 aliphatic carbocycles. The number of nitrogens with one attached hydrogen (secondary N) is 1. The number of carbonyl (C=O) groups is 1. The van der Waals surface area contributed by atoms with Crippen LogP contribution in [0.4, 0.5) is 0 Å². The predicted octanol–water partition coefficient (Wildman–Crippen LogP) is 3.38. The summed E-state index contributed by atoms with van der Waals surface area (Å²) >= 11 is 0. The van der Waals surface area contributed by atoms with Gasteiger partial charge in [0.25, 0.3) is 0 Å². The summed E-state index contributed by atoms with van der Waals surface area (Å²) in [6.07, 6.45) is 6.14. The number of unbranched alkanes of at least 4 members (excludes halogenated alkanes) is 1. The summed E-state index contributed by atoms with van der Waals surface area (Å²) < 4.78 is 0. The predicted molar refractivity (Wildman–Crippen MR) is 76.3 cm³/mol. The molecule has 0 aromatic heterocycles. The Morgan fingerprint density at radius 2 is 2.06 bits per heavy atom. The van der Waals surface area contributed by atoms with Crippen molar-refractivity contribution in [2.45, 2.75) is 33.1 Å². The van der Waals surface area contributed by atoms with Gasteiger partial charge in [-0.3, -0.25) is 4.79 Å². The first kappa shape index (κ1) is 14.2. The lowest BCUT2D eigenvalue weighted by Gasteiger charge is -1.98. The fourth-order valence-electron chi connectivity index (χ4n) is 1.45. The van der Waals surface area contributed by atoms with Crippen LogP contribution in [0.25, 0.3) is 6.08 Å². The smallest absolute Gasteiger partial charge is 0.240 e. The minimum Gasteiger partial charge on any atom is -0.273 e. The van der Waals surface area contributed by atoms with Gasteiger partial charge in [0.1, 0.15) is 0 Å². The molecule has 0 saturated heterocycles. The molecule has 0 unspecified atom stereocenters. The monoisotopic (exact) mass is 244 g/mol. The molecule has 0 aliphatic heterocycles. The Morgan fingerprint density at radius 3 is 2.72 bits per heavy atom. The van der Waals surface area contributed by atoms with Crippen LogP contribution >= 0.6 is 0 Å². The van der Waals surface area contributed by atoms with Crippen LogP contribution in [0.1, 0.15) is 38.7 Å². The van der Waals surface area contributed by atoms with Gasteiger partial charge >= 0.3 is 0 Å². The van der Waals surface area contributed by atoms with Crippen molar-refractivity contribution in [3.05, 3.63) is 41.5 Å². The molecule has 1 rings (SSSR count). The van der Waals surface area contributed by atoms with E-state index in [1.807, 2.05) is 43.3 Å². The topological polar surface area (TPSA) is 41.5 Å². The lowest BCUT2D eigenvalue weighted by Crippen LogP contribution is -2.16. The Balaban J connectivity index is 2.42. The Kier molecular flexibility index (Phi) is 6.47. The first-order valence-electron chi connectivity index (χ1n) is 6.27. The fourth-order valence-corrected chi connectivity index (χ4v) is 1.45. The molecule has 96 valence electrons. The minimum atomic E-state index is -0.0272.